The number of benzene rings is 2. The van der Waals surface area contributed by atoms with Crippen molar-refractivity contribution >= 4 is 16.7 Å². The summed E-state index contributed by atoms with van der Waals surface area (Å²) >= 11 is 0. The van der Waals surface area contributed by atoms with Crippen molar-refractivity contribution < 1.29 is 15.0 Å². The number of hydrogen-bond acceptors (Lipinski definition) is 2. The van der Waals surface area contributed by atoms with E-state index in [2.05, 4.69) is 0 Å². The minimum Gasteiger partial charge on any atom is -0.479 e. The molecule has 0 bridgehead atoms. The van der Waals surface area contributed by atoms with Crippen LogP contribution >= 0.6 is 0 Å². The van der Waals surface area contributed by atoms with E-state index in [-0.39, 0.29) is 0 Å². The molecule has 0 heterocycles. The molecule has 18 heavy (non-hydrogen) atoms. The summed E-state index contributed by atoms with van der Waals surface area (Å²) in [7, 11) is 0. The van der Waals surface area contributed by atoms with Gasteiger partial charge in [-0.05, 0) is 29.2 Å². The molecule has 0 aliphatic heterocycles. The first kappa shape index (κ1) is 11.2. The molecule has 3 nitrogen and oxygen atoms in total. The summed E-state index contributed by atoms with van der Waals surface area (Å²) in [5.41, 5.74) is 0.353. The first-order chi connectivity index (χ1) is 8.63. The van der Waals surface area contributed by atoms with Crippen LogP contribution in [0.25, 0.3) is 10.8 Å². The zero-order valence-corrected chi connectivity index (χ0v) is 9.84. The molecule has 0 amide bonds. The molecule has 1 saturated carbocycles. The number of aliphatic hydroxyl groups is 1. The van der Waals surface area contributed by atoms with Gasteiger partial charge in [0.1, 0.15) is 0 Å². The second kappa shape index (κ2) is 3.82. The van der Waals surface area contributed by atoms with Crippen molar-refractivity contribution in [1.82, 2.24) is 0 Å². The minimum absolute atomic E-state index is 0.574. The molecule has 1 fully saturated rings. The van der Waals surface area contributed by atoms with Gasteiger partial charge >= 0.3 is 5.97 Å². The van der Waals surface area contributed by atoms with Crippen LogP contribution in [0.5, 0.6) is 0 Å². The smallest absolute Gasteiger partial charge is 0.333 e. The van der Waals surface area contributed by atoms with E-state index in [9.17, 15) is 9.90 Å². The maximum absolute atomic E-state index is 11.0. The molecule has 3 heteroatoms. The molecule has 1 aliphatic carbocycles. The van der Waals surface area contributed by atoms with Crippen LogP contribution in [0, 0.1) is 0 Å². The standard InChI is InChI=1S/C15H14O3/c16-13(14(17)18)15(7-8-15)12-6-5-10-3-1-2-4-11(10)9-12/h1-6,9,13,16H,7-8H2,(H,17,18). The molecule has 92 valence electrons. The summed E-state index contributed by atoms with van der Waals surface area (Å²) in [5, 5.41) is 21.0. The highest BCUT2D eigenvalue weighted by molar-refractivity contribution is 5.84. The number of aliphatic carboxylic acids is 1. The first-order valence-corrected chi connectivity index (χ1v) is 6.04. The largest absolute Gasteiger partial charge is 0.479 e. The van der Waals surface area contributed by atoms with E-state index in [4.69, 9.17) is 5.11 Å². The van der Waals surface area contributed by atoms with Crippen molar-refractivity contribution in [3.63, 3.8) is 0 Å². The number of carboxylic acids is 1. The molecule has 1 aliphatic rings. The lowest BCUT2D eigenvalue weighted by atomic mass is 9.88. The van der Waals surface area contributed by atoms with Crippen molar-refractivity contribution in [3.8, 4) is 0 Å². The molecule has 0 radical (unpaired) electrons. The zero-order chi connectivity index (χ0) is 12.8. The van der Waals surface area contributed by atoms with Crippen molar-refractivity contribution in [1.29, 1.82) is 0 Å². The number of carbonyl (C=O) groups is 1. The molecular weight excluding hydrogens is 228 g/mol. The Balaban J connectivity index is 2.07. The Morgan fingerprint density at radius 1 is 1.11 bits per heavy atom. The molecule has 2 aromatic carbocycles. The topological polar surface area (TPSA) is 57.5 Å². The molecule has 3 rings (SSSR count). The summed E-state index contributed by atoms with van der Waals surface area (Å²) in [6.07, 6.45) is 0.163. The van der Waals surface area contributed by atoms with Gasteiger partial charge in [0.05, 0.1) is 0 Å². The minimum atomic E-state index is -1.31. The van der Waals surface area contributed by atoms with Crippen molar-refractivity contribution in [2.45, 2.75) is 24.4 Å². The van der Waals surface area contributed by atoms with Crippen LogP contribution in [0.3, 0.4) is 0 Å². The zero-order valence-electron chi connectivity index (χ0n) is 9.84. The Hall–Kier alpha value is -1.87. The first-order valence-electron chi connectivity index (χ1n) is 6.04. The SMILES string of the molecule is O=C(O)C(O)C1(c2ccc3ccccc3c2)CC1. The van der Waals surface area contributed by atoms with Crippen LogP contribution < -0.4 is 0 Å². The molecule has 1 unspecified atom stereocenters. The van der Waals surface area contributed by atoms with Gasteiger partial charge in [0, 0.05) is 5.41 Å². The highest BCUT2D eigenvalue weighted by atomic mass is 16.4. The summed E-state index contributed by atoms with van der Waals surface area (Å²) in [5.74, 6) is -1.14. The van der Waals surface area contributed by atoms with E-state index >= 15 is 0 Å². The Morgan fingerprint density at radius 3 is 2.39 bits per heavy atom. The monoisotopic (exact) mass is 242 g/mol. The third-order valence-corrected chi connectivity index (χ3v) is 3.87. The highest BCUT2D eigenvalue weighted by Gasteiger charge is 2.53. The van der Waals surface area contributed by atoms with E-state index < -0.39 is 17.5 Å². The molecule has 2 aromatic rings. The van der Waals surface area contributed by atoms with Gasteiger partial charge < -0.3 is 10.2 Å². The maximum Gasteiger partial charge on any atom is 0.333 e. The van der Waals surface area contributed by atoms with E-state index in [0.29, 0.717) is 0 Å². The van der Waals surface area contributed by atoms with Gasteiger partial charge in [0.15, 0.2) is 6.10 Å². The van der Waals surface area contributed by atoms with Gasteiger partial charge in [0.2, 0.25) is 0 Å². The van der Waals surface area contributed by atoms with Crippen molar-refractivity contribution in [3.05, 3.63) is 48.0 Å². The number of aliphatic hydroxyl groups excluding tert-OH is 1. The molecule has 1 atom stereocenters. The summed E-state index contributed by atoms with van der Waals surface area (Å²) < 4.78 is 0. The van der Waals surface area contributed by atoms with E-state index in [1.54, 1.807) is 0 Å². The Labute approximate surface area is 105 Å². The predicted molar refractivity (Wildman–Crippen MR) is 68.5 cm³/mol. The lowest BCUT2D eigenvalue weighted by Gasteiger charge is -2.19. The Bertz CT molecular complexity index is 614. The van der Waals surface area contributed by atoms with Crippen LogP contribution in [0.2, 0.25) is 0 Å². The normalized spacial score (nSPS) is 18.5. The third-order valence-electron chi connectivity index (χ3n) is 3.87. The number of hydrogen-bond donors (Lipinski definition) is 2. The fraction of sp³-hybridized carbons (Fsp3) is 0.267. The highest BCUT2D eigenvalue weighted by Crippen LogP contribution is 2.51. The number of carboxylic acid groups (broad SMARTS) is 1. The summed E-state index contributed by atoms with van der Waals surface area (Å²) in [6.45, 7) is 0. The lowest BCUT2D eigenvalue weighted by Crippen LogP contribution is -2.33. The number of fused-ring (bicyclic) bond motifs is 1. The van der Waals surface area contributed by atoms with Gasteiger partial charge in [-0.1, -0.05) is 42.5 Å². The molecule has 0 aromatic heterocycles. The second-order valence-electron chi connectivity index (χ2n) is 4.96. The Kier molecular flexibility index (Phi) is 2.38. The number of rotatable bonds is 3. The van der Waals surface area contributed by atoms with Crippen molar-refractivity contribution in [2.75, 3.05) is 0 Å². The average molecular weight is 242 g/mol. The van der Waals surface area contributed by atoms with Crippen molar-refractivity contribution in [2.24, 2.45) is 0 Å². The molecular formula is C15H14O3. The maximum atomic E-state index is 11.0. The quantitative estimate of drug-likeness (QED) is 0.868. The van der Waals surface area contributed by atoms with Crippen LogP contribution in [0.15, 0.2) is 42.5 Å². The van der Waals surface area contributed by atoms with Crippen LogP contribution in [0.1, 0.15) is 18.4 Å². The average Bonchev–Trinajstić information content (AvgIpc) is 3.18. The summed E-state index contributed by atoms with van der Waals surface area (Å²) in [4.78, 5) is 11.0. The predicted octanol–water partition coefficient (Wildman–Crippen LogP) is 2.32. The fourth-order valence-electron chi connectivity index (χ4n) is 2.59. The van der Waals surface area contributed by atoms with Gasteiger partial charge in [-0.2, -0.15) is 0 Å². The molecule has 0 spiro atoms. The van der Waals surface area contributed by atoms with E-state index in [1.165, 1.54) is 0 Å². The van der Waals surface area contributed by atoms with E-state index in [1.807, 2.05) is 42.5 Å². The molecule has 0 saturated heterocycles. The van der Waals surface area contributed by atoms with E-state index in [0.717, 1.165) is 29.2 Å². The Morgan fingerprint density at radius 2 is 1.78 bits per heavy atom. The van der Waals surface area contributed by atoms with Crippen LogP contribution in [-0.2, 0) is 10.2 Å². The van der Waals surface area contributed by atoms with Crippen LogP contribution in [0.4, 0.5) is 0 Å². The fourth-order valence-corrected chi connectivity index (χ4v) is 2.59. The van der Waals surface area contributed by atoms with Gasteiger partial charge in [-0.3, -0.25) is 0 Å². The van der Waals surface area contributed by atoms with Gasteiger partial charge in [-0.25, -0.2) is 4.79 Å². The molecule has 2 N–H and O–H groups in total. The van der Waals surface area contributed by atoms with Crippen LogP contribution in [-0.4, -0.2) is 22.3 Å². The summed E-state index contributed by atoms with van der Waals surface area (Å²) in [6, 6.07) is 13.9. The third kappa shape index (κ3) is 1.59. The lowest BCUT2D eigenvalue weighted by molar-refractivity contribution is -0.148. The van der Waals surface area contributed by atoms with Gasteiger partial charge in [-0.15, -0.1) is 0 Å². The van der Waals surface area contributed by atoms with Gasteiger partial charge in [0.25, 0.3) is 0 Å². The second-order valence-corrected chi connectivity index (χ2v) is 4.96.